The van der Waals surface area contributed by atoms with E-state index in [0.29, 0.717) is 18.7 Å². The fourth-order valence-electron chi connectivity index (χ4n) is 1.63. The maximum atomic E-state index is 11.8. The van der Waals surface area contributed by atoms with Crippen molar-refractivity contribution in [3.63, 3.8) is 0 Å². The van der Waals surface area contributed by atoms with Gasteiger partial charge in [-0.1, -0.05) is 12.1 Å². The quantitative estimate of drug-likeness (QED) is 0.802. The van der Waals surface area contributed by atoms with Gasteiger partial charge in [-0.25, -0.2) is 4.98 Å². The van der Waals surface area contributed by atoms with Crippen molar-refractivity contribution in [3.05, 3.63) is 54.0 Å². The predicted octanol–water partition coefficient (Wildman–Crippen LogP) is 1.84. The van der Waals surface area contributed by atoms with E-state index in [1.54, 1.807) is 25.6 Å². The van der Waals surface area contributed by atoms with Crippen molar-refractivity contribution in [2.45, 2.75) is 12.8 Å². The van der Waals surface area contributed by atoms with Gasteiger partial charge in [0.05, 0.1) is 7.11 Å². The average Bonchev–Trinajstić information content (AvgIpc) is 2.40. The second-order valence-corrected chi connectivity index (χ2v) is 3.92. The van der Waals surface area contributed by atoms with Crippen LogP contribution in [0.1, 0.15) is 11.3 Å². The Hall–Kier alpha value is -2.23. The Morgan fingerprint density at radius 3 is 2.67 bits per heavy atom. The molecule has 0 amide bonds. The van der Waals surface area contributed by atoms with Gasteiger partial charge < -0.3 is 4.74 Å². The van der Waals surface area contributed by atoms with Crippen molar-refractivity contribution in [3.8, 4) is 5.88 Å². The van der Waals surface area contributed by atoms with Gasteiger partial charge in [-0.05, 0) is 17.7 Å². The van der Waals surface area contributed by atoms with E-state index in [-0.39, 0.29) is 5.78 Å². The second kappa shape index (κ2) is 5.91. The summed E-state index contributed by atoms with van der Waals surface area (Å²) in [4.78, 5) is 20.0. The molecule has 18 heavy (non-hydrogen) atoms. The number of hydrogen-bond donors (Lipinski definition) is 0. The summed E-state index contributed by atoms with van der Waals surface area (Å²) in [7, 11) is 1.56. The topological polar surface area (TPSA) is 52.1 Å². The minimum Gasteiger partial charge on any atom is -0.481 e. The zero-order valence-electron chi connectivity index (χ0n) is 10.2. The number of methoxy groups -OCH3 is 1. The lowest BCUT2D eigenvalue weighted by molar-refractivity contribution is -0.117. The molecule has 0 radical (unpaired) electrons. The van der Waals surface area contributed by atoms with Gasteiger partial charge in [-0.2, -0.15) is 0 Å². The third kappa shape index (κ3) is 3.38. The number of carbonyl (C=O) groups is 1. The van der Waals surface area contributed by atoms with Crippen LogP contribution in [-0.4, -0.2) is 22.9 Å². The molecule has 0 atom stereocenters. The largest absolute Gasteiger partial charge is 0.481 e. The molecule has 2 rings (SSSR count). The van der Waals surface area contributed by atoms with Crippen LogP contribution in [0.2, 0.25) is 0 Å². The van der Waals surface area contributed by atoms with Crippen molar-refractivity contribution in [2.75, 3.05) is 7.11 Å². The first-order valence-electron chi connectivity index (χ1n) is 5.68. The molecule has 0 saturated heterocycles. The Labute approximate surface area is 106 Å². The summed E-state index contributed by atoms with van der Waals surface area (Å²) in [6.45, 7) is 0. The SMILES string of the molecule is COc1ccc(CC(=O)Cc2ccccn2)cn1. The number of nitrogens with zero attached hydrogens (tertiary/aromatic N) is 2. The van der Waals surface area contributed by atoms with Gasteiger partial charge >= 0.3 is 0 Å². The molecule has 0 aromatic carbocycles. The number of ether oxygens (including phenoxy) is 1. The molecule has 0 spiro atoms. The standard InChI is InChI=1S/C14H14N2O2/c1-18-14-6-5-11(10-16-14)8-13(17)9-12-4-2-3-7-15-12/h2-7,10H,8-9H2,1H3. The number of aromatic nitrogens is 2. The van der Waals surface area contributed by atoms with Crippen LogP contribution in [-0.2, 0) is 17.6 Å². The molecule has 2 aromatic rings. The molecular formula is C14H14N2O2. The molecule has 0 N–H and O–H groups in total. The highest BCUT2D eigenvalue weighted by Crippen LogP contribution is 2.08. The lowest BCUT2D eigenvalue weighted by Gasteiger charge is -2.02. The van der Waals surface area contributed by atoms with E-state index in [9.17, 15) is 4.79 Å². The van der Waals surface area contributed by atoms with Crippen molar-refractivity contribution < 1.29 is 9.53 Å². The van der Waals surface area contributed by atoms with Gasteiger partial charge in [-0.15, -0.1) is 0 Å². The van der Waals surface area contributed by atoms with Gasteiger partial charge in [0.15, 0.2) is 0 Å². The summed E-state index contributed by atoms with van der Waals surface area (Å²) in [5.41, 5.74) is 1.68. The number of rotatable bonds is 5. The fraction of sp³-hybridized carbons (Fsp3) is 0.214. The summed E-state index contributed by atoms with van der Waals surface area (Å²) < 4.78 is 4.96. The molecule has 0 bridgehead atoms. The molecule has 0 aliphatic carbocycles. The zero-order valence-corrected chi connectivity index (χ0v) is 10.2. The number of pyridine rings is 2. The fourth-order valence-corrected chi connectivity index (χ4v) is 1.63. The summed E-state index contributed by atoms with van der Waals surface area (Å²) in [5.74, 6) is 0.677. The molecule has 0 aliphatic heterocycles. The van der Waals surface area contributed by atoms with E-state index >= 15 is 0 Å². The van der Waals surface area contributed by atoms with E-state index in [1.807, 2.05) is 24.3 Å². The van der Waals surface area contributed by atoms with Crippen molar-refractivity contribution >= 4 is 5.78 Å². The highest BCUT2D eigenvalue weighted by molar-refractivity contribution is 5.82. The van der Waals surface area contributed by atoms with Crippen LogP contribution in [0.4, 0.5) is 0 Å². The molecule has 2 heterocycles. The second-order valence-electron chi connectivity index (χ2n) is 3.92. The summed E-state index contributed by atoms with van der Waals surface area (Å²) in [6.07, 6.45) is 4.08. The number of Topliss-reactive ketones (excluding diaryl/α,β-unsaturated/α-hetero) is 1. The van der Waals surface area contributed by atoms with E-state index < -0.39 is 0 Å². The summed E-state index contributed by atoms with van der Waals surface area (Å²) in [5, 5.41) is 0. The van der Waals surface area contributed by atoms with Gasteiger partial charge in [0.25, 0.3) is 0 Å². The van der Waals surface area contributed by atoms with E-state index in [2.05, 4.69) is 9.97 Å². The van der Waals surface area contributed by atoms with Gasteiger partial charge in [0.1, 0.15) is 5.78 Å². The third-order valence-electron chi connectivity index (χ3n) is 2.51. The first-order chi connectivity index (χ1) is 8.78. The van der Waals surface area contributed by atoms with Crippen molar-refractivity contribution in [1.29, 1.82) is 0 Å². The van der Waals surface area contributed by atoms with Crippen LogP contribution in [0, 0.1) is 0 Å². The zero-order chi connectivity index (χ0) is 12.8. The Morgan fingerprint density at radius 2 is 2.06 bits per heavy atom. The lowest BCUT2D eigenvalue weighted by atomic mass is 10.1. The Bertz CT molecular complexity index is 509. The number of carbonyl (C=O) groups excluding carboxylic acids is 1. The van der Waals surface area contributed by atoms with Crippen LogP contribution in [0.25, 0.3) is 0 Å². The average molecular weight is 242 g/mol. The van der Waals surface area contributed by atoms with Gasteiger partial charge in [-0.3, -0.25) is 9.78 Å². The highest BCUT2D eigenvalue weighted by atomic mass is 16.5. The molecule has 4 heteroatoms. The van der Waals surface area contributed by atoms with Crippen LogP contribution in [0.15, 0.2) is 42.7 Å². The molecule has 0 saturated carbocycles. The smallest absolute Gasteiger partial charge is 0.212 e. The summed E-state index contributed by atoms with van der Waals surface area (Å²) >= 11 is 0. The van der Waals surface area contributed by atoms with Crippen LogP contribution < -0.4 is 4.74 Å². The molecule has 2 aromatic heterocycles. The van der Waals surface area contributed by atoms with Crippen molar-refractivity contribution in [1.82, 2.24) is 9.97 Å². The maximum Gasteiger partial charge on any atom is 0.212 e. The molecule has 0 aliphatic rings. The minimum absolute atomic E-state index is 0.126. The predicted molar refractivity (Wildman–Crippen MR) is 67.4 cm³/mol. The normalized spacial score (nSPS) is 10.1. The minimum atomic E-state index is 0.126. The molecule has 0 unspecified atom stereocenters. The third-order valence-corrected chi connectivity index (χ3v) is 2.51. The Kier molecular flexibility index (Phi) is 4.02. The number of hydrogen-bond acceptors (Lipinski definition) is 4. The van der Waals surface area contributed by atoms with E-state index in [1.165, 1.54) is 0 Å². The molecular weight excluding hydrogens is 228 g/mol. The monoisotopic (exact) mass is 242 g/mol. The summed E-state index contributed by atoms with van der Waals surface area (Å²) in [6, 6.07) is 9.17. The van der Waals surface area contributed by atoms with Gasteiger partial charge in [0.2, 0.25) is 5.88 Å². The first-order valence-corrected chi connectivity index (χ1v) is 5.68. The van der Waals surface area contributed by atoms with E-state index in [0.717, 1.165) is 11.3 Å². The molecule has 92 valence electrons. The lowest BCUT2D eigenvalue weighted by Crippen LogP contribution is -2.07. The Morgan fingerprint density at radius 1 is 1.17 bits per heavy atom. The number of ketones is 1. The first kappa shape index (κ1) is 12.2. The van der Waals surface area contributed by atoms with Crippen molar-refractivity contribution in [2.24, 2.45) is 0 Å². The molecule has 0 fully saturated rings. The van der Waals surface area contributed by atoms with Crippen LogP contribution >= 0.6 is 0 Å². The van der Waals surface area contributed by atoms with Gasteiger partial charge in [0, 0.05) is 37.0 Å². The Balaban J connectivity index is 1.94. The molecule has 4 nitrogen and oxygen atoms in total. The maximum absolute atomic E-state index is 11.8. The van der Waals surface area contributed by atoms with Crippen LogP contribution in [0.5, 0.6) is 5.88 Å². The highest BCUT2D eigenvalue weighted by Gasteiger charge is 2.06. The van der Waals surface area contributed by atoms with E-state index in [4.69, 9.17) is 4.74 Å². The van der Waals surface area contributed by atoms with Crippen LogP contribution in [0.3, 0.4) is 0 Å².